The van der Waals surface area contributed by atoms with Crippen molar-refractivity contribution >= 4 is 6.09 Å². The van der Waals surface area contributed by atoms with Crippen LogP contribution in [0.5, 0.6) is 0 Å². The van der Waals surface area contributed by atoms with Gasteiger partial charge < -0.3 is 15.3 Å². The molecule has 17 heavy (non-hydrogen) atoms. The number of nitrogens with one attached hydrogen (secondary N) is 1. The lowest BCUT2D eigenvalue weighted by Gasteiger charge is -2.14. The maximum atomic E-state index is 13.5. The molecule has 5 heteroatoms. The average molecular weight is 238 g/mol. The number of halogens is 1. The normalized spacial score (nSPS) is 23.9. The van der Waals surface area contributed by atoms with Crippen LogP contribution in [0.1, 0.15) is 5.56 Å². The van der Waals surface area contributed by atoms with E-state index >= 15 is 0 Å². The van der Waals surface area contributed by atoms with Gasteiger partial charge in [-0.05, 0) is 5.56 Å². The number of nitrogens with zero attached hydrogens (tertiary/aromatic N) is 1. The van der Waals surface area contributed by atoms with Crippen LogP contribution in [0, 0.1) is 0 Å². The molecule has 2 atom stereocenters. The van der Waals surface area contributed by atoms with E-state index in [4.69, 9.17) is 5.11 Å². The van der Waals surface area contributed by atoms with Crippen molar-refractivity contribution in [1.82, 2.24) is 10.2 Å². The highest BCUT2D eigenvalue weighted by atomic mass is 19.1. The zero-order valence-electron chi connectivity index (χ0n) is 9.34. The number of carboxylic acid groups (broad SMARTS) is 1. The van der Waals surface area contributed by atoms with E-state index in [1.54, 1.807) is 0 Å². The molecule has 1 aliphatic heterocycles. The molecule has 0 bridgehead atoms. The van der Waals surface area contributed by atoms with Crippen LogP contribution in [-0.2, 0) is 6.54 Å². The molecule has 0 saturated carbocycles. The lowest BCUT2D eigenvalue weighted by atomic mass is 10.2. The molecule has 0 aromatic heterocycles. The van der Waals surface area contributed by atoms with Gasteiger partial charge in [0.25, 0.3) is 0 Å². The smallest absolute Gasteiger partial charge is 0.407 e. The largest absolute Gasteiger partial charge is 0.465 e. The van der Waals surface area contributed by atoms with Gasteiger partial charge in [0.05, 0.1) is 12.6 Å². The first-order chi connectivity index (χ1) is 8.16. The van der Waals surface area contributed by atoms with Crippen molar-refractivity contribution in [3.63, 3.8) is 0 Å². The van der Waals surface area contributed by atoms with Gasteiger partial charge in [-0.3, -0.25) is 0 Å². The number of hydrogen-bond donors (Lipinski definition) is 2. The molecule has 2 rings (SSSR count). The van der Waals surface area contributed by atoms with E-state index < -0.39 is 18.3 Å². The third kappa shape index (κ3) is 2.94. The number of benzene rings is 1. The van der Waals surface area contributed by atoms with Gasteiger partial charge in [0.1, 0.15) is 6.17 Å². The Bertz CT molecular complexity index is 385. The fourth-order valence-electron chi connectivity index (χ4n) is 1.96. The van der Waals surface area contributed by atoms with Gasteiger partial charge in [0.15, 0.2) is 0 Å². The Morgan fingerprint density at radius 1 is 1.41 bits per heavy atom. The number of likely N-dealkylation sites (tertiary alicyclic amines) is 1. The molecule has 0 radical (unpaired) electrons. The molecule has 1 amide bonds. The van der Waals surface area contributed by atoms with Crippen LogP contribution < -0.4 is 5.32 Å². The summed E-state index contributed by atoms with van der Waals surface area (Å²) in [6, 6.07) is 9.24. The van der Waals surface area contributed by atoms with Gasteiger partial charge in [0, 0.05) is 13.1 Å². The van der Waals surface area contributed by atoms with Gasteiger partial charge in [-0.15, -0.1) is 0 Å². The maximum absolute atomic E-state index is 13.5. The zero-order valence-corrected chi connectivity index (χ0v) is 9.34. The standard InChI is InChI=1S/C12H15FN2O2/c13-10-7-15(12(16)17)8-11(10)14-6-9-4-2-1-3-5-9/h1-5,10-11,14H,6-8H2,(H,16,17). The third-order valence-corrected chi connectivity index (χ3v) is 2.93. The summed E-state index contributed by atoms with van der Waals surface area (Å²) >= 11 is 0. The number of amides is 1. The van der Waals surface area contributed by atoms with E-state index in [0.717, 1.165) is 10.5 Å². The van der Waals surface area contributed by atoms with Crippen molar-refractivity contribution in [2.24, 2.45) is 0 Å². The fraction of sp³-hybridized carbons (Fsp3) is 0.417. The summed E-state index contributed by atoms with van der Waals surface area (Å²) in [6.45, 7) is 0.727. The minimum atomic E-state index is -1.13. The number of carbonyl (C=O) groups is 1. The van der Waals surface area contributed by atoms with E-state index in [2.05, 4.69) is 5.32 Å². The molecule has 1 aromatic carbocycles. The minimum Gasteiger partial charge on any atom is -0.465 e. The first-order valence-corrected chi connectivity index (χ1v) is 5.56. The van der Waals surface area contributed by atoms with E-state index in [1.807, 2.05) is 30.3 Å². The summed E-state index contributed by atoms with van der Waals surface area (Å²) < 4.78 is 13.5. The van der Waals surface area contributed by atoms with E-state index in [-0.39, 0.29) is 13.1 Å². The predicted octanol–water partition coefficient (Wildman–Crippen LogP) is 1.48. The monoisotopic (exact) mass is 238 g/mol. The van der Waals surface area contributed by atoms with Gasteiger partial charge in [-0.2, -0.15) is 0 Å². The molecule has 4 nitrogen and oxygen atoms in total. The predicted molar refractivity (Wildman–Crippen MR) is 61.6 cm³/mol. The van der Waals surface area contributed by atoms with Crippen LogP contribution in [0.25, 0.3) is 0 Å². The first-order valence-electron chi connectivity index (χ1n) is 5.56. The van der Waals surface area contributed by atoms with Crippen LogP contribution >= 0.6 is 0 Å². The average Bonchev–Trinajstić information content (AvgIpc) is 2.70. The number of hydrogen-bond acceptors (Lipinski definition) is 2. The van der Waals surface area contributed by atoms with Gasteiger partial charge in [-0.1, -0.05) is 30.3 Å². The molecule has 2 unspecified atom stereocenters. The topological polar surface area (TPSA) is 52.6 Å². The summed E-state index contributed by atoms with van der Waals surface area (Å²) in [5, 5.41) is 11.8. The first kappa shape index (κ1) is 11.9. The highest BCUT2D eigenvalue weighted by Gasteiger charge is 2.34. The lowest BCUT2D eigenvalue weighted by Crippen LogP contribution is -2.37. The Hall–Kier alpha value is -1.62. The molecule has 1 heterocycles. The van der Waals surface area contributed by atoms with Gasteiger partial charge in [0.2, 0.25) is 0 Å². The highest BCUT2D eigenvalue weighted by Crippen LogP contribution is 2.14. The Morgan fingerprint density at radius 3 is 2.71 bits per heavy atom. The summed E-state index contributed by atoms with van der Waals surface area (Å²) in [5.41, 5.74) is 1.06. The van der Waals surface area contributed by atoms with Crippen LogP contribution in [0.4, 0.5) is 9.18 Å². The molecule has 1 fully saturated rings. The van der Waals surface area contributed by atoms with Gasteiger partial charge in [-0.25, -0.2) is 9.18 Å². The Labute approximate surface area is 99.0 Å². The van der Waals surface area contributed by atoms with Crippen LogP contribution in [-0.4, -0.2) is 41.4 Å². The van der Waals surface area contributed by atoms with Crippen molar-refractivity contribution in [2.75, 3.05) is 13.1 Å². The molecule has 1 aromatic rings. The fourth-order valence-corrected chi connectivity index (χ4v) is 1.96. The Balaban J connectivity index is 1.86. The van der Waals surface area contributed by atoms with Crippen LogP contribution in [0.15, 0.2) is 30.3 Å². The molecule has 1 aliphatic rings. The summed E-state index contributed by atoms with van der Waals surface area (Å²) in [5.74, 6) is 0. The lowest BCUT2D eigenvalue weighted by molar-refractivity contribution is 0.152. The molecule has 2 N–H and O–H groups in total. The minimum absolute atomic E-state index is 0.0399. The van der Waals surface area contributed by atoms with Crippen molar-refractivity contribution in [1.29, 1.82) is 0 Å². The Kier molecular flexibility index (Phi) is 3.58. The second-order valence-electron chi connectivity index (χ2n) is 4.18. The van der Waals surface area contributed by atoms with Crippen molar-refractivity contribution < 1.29 is 14.3 Å². The second-order valence-corrected chi connectivity index (χ2v) is 4.18. The SMILES string of the molecule is O=C(O)N1CC(F)C(NCc2ccccc2)C1. The molecule has 0 spiro atoms. The molecular weight excluding hydrogens is 223 g/mol. The quantitative estimate of drug-likeness (QED) is 0.838. The van der Waals surface area contributed by atoms with E-state index in [0.29, 0.717) is 6.54 Å². The summed E-state index contributed by atoms with van der Waals surface area (Å²) in [4.78, 5) is 11.8. The van der Waals surface area contributed by atoms with Crippen LogP contribution in [0.2, 0.25) is 0 Å². The van der Waals surface area contributed by atoms with Crippen LogP contribution in [0.3, 0.4) is 0 Å². The molecular formula is C12H15FN2O2. The third-order valence-electron chi connectivity index (χ3n) is 2.93. The van der Waals surface area contributed by atoms with E-state index in [9.17, 15) is 9.18 Å². The Morgan fingerprint density at radius 2 is 2.12 bits per heavy atom. The molecule has 92 valence electrons. The maximum Gasteiger partial charge on any atom is 0.407 e. The highest BCUT2D eigenvalue weighted by molar-refractivity contribution is 5.65. The summed E-state index contributed by atoms with van der Waals surface area (Å²) in [6.07, 6.45) is -2.19. The van der Waals surface area contributed by atoms with Crippen molar-refractivity contribution in [3.05, 3.63) is 35.9 Å². The number of rotatable bonds is 3. The molecule has 0 aliphatic carbocycles. The molecule has 1 saturated heterocycles. The van der Waals surface area contributed by atoms with E-state index in [1.165, 1.54) is 0 Å². The zero-order chi connectivity index (χ0) is 12.3. The second kappa shape index (κ2) is 5.14. The van der Waals surface area contributed by atoms with Gasteiger partial charge >= 0.3 is 6.09 Å². The van der Waals surface area contributed by atoms with Crippen molar-refractivity contribution in [3.8, 4) is 0 Å². The van der Waals surface area contributed by atoms with Crippen molar-refractivity contribution in [2.45, 2.75) is 18.8 Å². The summed E-state index contributed by atoms with van der Waals surface area (Å²) in [7, 11) is 0. The number of alkyl halides is 1.